The molecule has 3 aromatic carbocycles. The minimum atomic E-state index is -0.0257. The van der Waals surface area contributed by atoms with E-state index >= 15 is 0 Å². The Hall–Kier alpha value is -1.31. The molecule has 0 saturated carbocycles. The molecule has 0 aromatic heterocycles. The molecule has 0 radical (unpaired) electrons. The van der Waals surface area contributed by atoms with Crippen molar-refractivity contribution in [2.75, 3.05) is 0 Å². The molecule has 21 heavy (non-hydrogen) atoms. The van der Waals surface area contributed by atoms with Crippen molar-refractivity contribution in [3.8, 4) is 11.1 Å². The molecule has 0 heterocycles. The molecule has 0 unspecified atom stereocenters. The third-order valence-electron chi connectivity index (χ3n) is 4.58. The summed E-state index contributed by atoms with van der Waals surface area (Å²) in [4.78, 5) is 0. The van der Waals surface area contributed by atoms with Crippen LogP contribution in [-0.2, 0) is 5.41 Å². The molecule has 0 N–H and O–H groups in total. The van der Waals surface area contributed by atoms with Crippen LogP contribution >= 0.6 is 27.5 Å². The summed E-state index contributed by atoms with van der Waals surface area (Å²) in [5.41, 5.74) is 5.09. The van der Waals surface area contributed by atoms with Crippen LogP contribution < -0.4 is 0 Å². The van der Waals surface area contributed by atoms with Gasteiger partial charge in [-0.3, -0.25) is 0 Å². The summed E-state index contributed by atoms with van der Waals surface area (Å²) in [6.45, 7) is 4.55. The molecular formula is C19H14BrCl. The first kappa shape index (κ1) is 13.4. The highest BCUT2D eigenvalue weighted by molar-refractivity contribution is 9.10. The topological polar surface area (TPSA) is 0 Å². The van der Waals surface area contributed by atoms with Gasteiger partial charge in [0, 0.05) is 20.8 Å². The lowest BCUT2D eigenvalue weighted by Crippen LogP contribution is -2.15. The molecule has 0 aliphatic heterocycles. The molecule has 0 atom stereocenters. The van der Waals surface area contributed by atoms with Crippen molar-refractivity contribution in [1.82, 2.24) is 0 Å². The standard InChI is InChI=1S/C19H14BrCl/c1-19(2)15-10-12(20)7-8-14(15)17-16(19)9-11-5-3-4-6-13(11)18(17)21/h3-10H,1-2H3. The maximum absolute atomic E-state index is 6.77. The van der Waals surface area contributed by atoms with Crippen molar-refractivity contribution in [3.63, 3.8) is 0 Å². The summed E-state index contributed by atoms with van der Waals surface area (Å²) in [5.74, 6) is 0. The van der Waals surface area contributed by atoms with Gasteiger partial charge in [-0.15, -0.1) is 0 Å². The van der Waals surface area contributed by atoms with Crippen LogP contribution in [0.2, 0.25) is 5.02 Å². The van der Waals surface area contributed by atoms with E-state index in [0.29, 0.717) is 0 Å². The number of halogens is 2. The zero-order chi connectivity index (χ0) is 14.8. The van der Waals surface area contributed by atoms with Crippen LogP contribution in [0.3, 0.4) is 0 Å². The van der Waals surface area contributed by atoms with E-state index in [9.17, 15) is 0 Å². The molecule has 1 aliphatic rings. The molecule has 0 saturated heterocycles. The van der Waals surface area contributed by atoms with E-state index < -0.39 is 0 Å². The summed E-state index contributed by atoms with van der Waals surface area (Å²) in [5, 5.41) is 3.21. The van der Waals surface area contributed by atoms with Crippen LogP contribution in [-0.4, -0.2) is 0 Å². The van der Waals surface area contributed by atoms with Crippen LogP contribution in [0.5, 0.6) is 0 Å². The molecular weight excluding hydrogens is 344 g/mol. The van der Waals surface area contributed by atoms with Gasteiger partial charge in [-0.05, 0) is 40.3 Å². The van der Waals surface area contributed by atoms with E-state index in [2.05, 4.69) is 72.2 Å². The van der Waals surface area contributed by atoms with Gasteiger partial charge < -0.3 is 0 Å². The van der Waals surface area contributed by atoms with Gasteiger partial charge in [0.15, 0.2) is 0 Å². The van der Waals surface area contributed by atoms with E-state index in [-0.39, 0.29) is 5.41 Å². The minimum Gasteiger partial charge on any atom is -0.0830 e. The van der Waals surface area contributed by atoms with Gasteiger partial charge in [0.05, 0.1) is 5.02 Å². The summed E-state index contributed by atoms with van der Waals surface area (Å²) in [6.07, 6.45) is 0. The fourth-order valence-corrected chi connectivity index (χ4v) is 4.19. The van der Waals surface area contributed by atoms with Crippen molar-refractivity contribution in [3.05, 3.63) is 69.2 Å². The fraction of sp³-hybridized carbons (Fsp3) is 0.158. The van der Waals surface area contributed by atoms with E-state index in [0.717, 1.165) is 14.9 Å². The van der Waals surface area contributed by atoms with Crippen LogP contribution in [0, 0.1) is 0 Å². The van der Waals surface area contributed by atoms with Gasteiger partial charge in [0.2, 0.25) is 0 Å². The Morgan fingerprint density at radius 2 is 1.71 bits per heavy atom. The Bertz CT molecular complexity index is 893. The van der Waals surface area contributed by atoms with Crippen molar-refractivity contribution in [1.29, 1.82) is 0 Å². The molecule has 3 aromatic rings. The maximum Gasteiger partial charge on any atom is 0.0565 e. The lowest BCUT2D eigenvalue weighted by Gasteiger charge is -2.22. The third kappa shape index (κ3) is 1.74. The number of hydrogen-bond donors (Lipinski definition) is 0. The van der Waals surface area contributed by atoms with Gasteiger partial charge in [0.1, 0.15) is 0 Å². The molecule has 104 valence electrons. The molecule has 0 nitrogen and oxygen atoms in total. The Labute approximate surface area is 137 Å². The monoisotopic (exact) mass is 356 g/mol. The fourth-order valence-electron chi connectivity index (χ4n) is 3.46. The Balaban J connectivity index is 2.18. The van der Waals surface area contributed by atoms with E-state index in [4.69, 9.17) is 11.6 Å². The lowest BCUT2D eigenvalue weighted by molar-refractivity contribution is 0.661. The first-order valence-corrected chi connectivity index (χ1v) is 8.19. The van der Waals surface area contributed by atoms with Gasteiger partial charge in [-0.25, -0.2) is 0 Å². The average molecular weight is 358 g/mol. The highest BCUT2D eigenvalue weighted by Crippen LogP contribution is 2.53. The first-order valence-electron chi connectivity index (χ1n) is 7.02. The molecule has 0 spiro atoms. The summed E-state index contributed by atoms with van der Waals surface area (Å²) in [7, 11) is 0. The molecule has 0 bridgehead atoms. The number of fused-ring (bicyclic) bond motifs is 4. The smallest absolute Gasteiger partial charge is 0.0565 e. The Morgan fingerprint density at radius 1 is 0.952 bits per heavy atom. The summed E-state index contributed by atoms with van der Waals surface area (Å²) in [6, 6.07) is 17.1. The van der Waals surface area contributed by atoms with E-state index in [1.807, 2.05) is 6.07 Å². The predicted octanol–water partition coefficient (Wildman–Crippen LogP) is 6.56. The van der Waals surface area contributed by atoms with Crippen molar-refractivity contribution >= 4 is 38.3 Å². The van der Waals surface area contributed by atoms with Crippen molar-refractivity contribution in [2.24, 2.45) is 0 Å². The summed E-state index contributed by atoms with van der Waals surface area (Å²) >= 11 is 10.4. The van der Waals surface area contributed by atoms with Gasteiger partial charge in [-0.1, -0.05) is 71.7 Å². The lowest BCUT2D eigenvalue weighted by atomic mass is 9.82. The predicted molar refractivity (Wildman–Crippen MR) is 94.2 cm³/mol. The van der Waals surface area contributed by atoms with Crippen molar-refractivity contribution < 1.29 is 0 Å². The summed E-state index contributed by atoms with van der Waals surface area (Å²) < 4.78 is 1.11. The maximum atomic E-state index is 6.77. The highest BCUT2D eigenvalue weighted by Gasteiger charge is 2.37. The van der Waals surface area contributed by atoms with Gasteiger partial charge in [0.25, 0.3) is 0 Å². The molecule has 4 rings (SSSR count). The van der Waals surface area contributed by atoms with Crippen LogP contribution in [0.4, 0.5) is 0 Å². The van der Waals surface area contributed by atoms with E-state index in [1.165, 1.54) is 27.6 Å². The number of benzene rings is 3. The Kier molecular flexibility index (Phi) is 2.76. The SMILES string of the molecule is CC1(C)c2cc(Br)ccc2-c2c1cc1ccccc1c2Cl. The highest BCUT2D eigenvalue weighted by atomic mass is 79.9. The second kappa shape index (κ2) is 4.34. The third-order valence-corrected chi connectivity index (χ3v) is 5.47. The average Bonchev–Trinajstić information content (AvgIpc) is 2.68. The van der Waals surface area contributed by atoms with Crippen LogP contribution in [0.25, 0.3) is 21.9 Å². The first-order chi connectivity index (χ1) is 10.00. The van der Waals surface area contributed by atoms with Crippen molar-refractivity contribution in [2.45, 2.75) is 19.3 Å². The Morgan fingerprint density at radius 3 is 2.52 bits per heavy atom. The molecule has 2 heteroatoms. The number of rotatable bonds is 0. The molecule has 0 fully saturated rings. The number of hydrogen-bond acceptors (Lipinski definition) is 0. The molecule has 0 amide bonds. The minimum absolute atomic E-state index is 0.0257. The zero-order valence-electron chi connectivity index (χ0n) is 11.9. The van der Waals surface area contributed by atoms with Gasteiger partial charge >= 0.3 is 0 Å². The quantitative estimate of drug-likeness (QED) is 0.427. The molecule has 1 aliphatic carbocycles. The largest absolute Gasteiger partial charge is 0.0830 e. The normalized spacial score (nSPS) is 15.0. The van der Waals surface area contributed by atoms with Crippen LogP contribution in [0.15, 0.2) is 53.0 Å². The second-order valence-electron chi connectivity index (χ2n) is 6.15. The zero-order valence-corrected chi connectivity index (χ0v) is 14.2. The van der Waals surface area contributed by atoms with Crippen LogP contribution in [0.1, 0.15) is 25.0 Å². The van der Waals surface area contributed by atoms with Gasteiger partial charge in [-0.2, -0.15) is 0 Å². The van der Waals surface area contributed by atoms with E-state index in [1.54, 1.807) is 0 Å². The second-order valence-corrected chi connectivity index (χ2v) is 7.44.